The third-order valence-corrected chi connectivity index (χ3v) is 6.52. The second-order valence-corrected chi connectivity index (χ2v) is 9.05. The van der Waals surface area contributed by atoms with Crippen molar-refractivity contribution in [1.29, 1.82) is 0 Å². The number of nitrogens with zero attached hydrogens (tertiary/aromatic N) is 3. The second-order valence-electron chi connectivity index (χ2n) is 9.05. The summed E-state index contributed by atoms with van der Waals surface area (Å²) in [5, 5.41) is 0. The van der Waals surface area contributed by atoms with Crippen molar-refractivity contribution in [2.75, 3.05) is 32.7 Å². The van der Waals surface area contributed by atoms with E-state index in [9.17, 15) is 9.59 Å². The molecule has 3 heterocycles. The Hall–Kier alpha value is -1.14. The number of ether oxygens (including phenoxy) is 1. The molecule has 3 rings (SSSR count). The highest BCUT2D eigenvalue weighted by atomic mass is 16.5. The van der Waals surface area contributed by atoms with Crippen LogP contribution in [0.1, 0.15) is 59.8 Å². The summed E-state index contributed by atoms with van der Waals surface area (Å²) in [6, 6.07) is 0.348. The van der Waals surface area contributed by atoms with E-state index in [0.717, 1.165) is 51.7 Å². The first-order valence-corrected chi connectivity index (χ1v) is 10.8. The van der Waals surface area contributed by atoms with E-state index in [1.807, 2.05) is 4.90 Å². The van der Waals surface area contributed by atoms with E-state index in [1.165, 1.54) is 0 Å². The third kappa shape index (κ3) is 5.02. The Bertz CT molecular complexity index is 513. The molecule has 0 aliphatic carbocycles. The number of piperidine rings is 2. The van der Waals surface area contributed by atoms with Crippen LogP contribution in [-0.2, 0) is 14.3 Å². The average Bonchev–Trinajstić information content (AvgIpc) is 2.60. The van der Waals surface area contributed by atoms with Crippen molar-refractivity contribution in [3.63, 3.8) is 0 Å². The van der Waals surface area contributed by atoms with Crippen LogP contribution in [0.15, 0.2) is 0 Å². The molecular weight excluding hydrogens is 342 g/mol. The van der Waals surface area contributed by atoms with E-state index in [4.69, 9.17) is 4.74 Å². The Morgan fingerprint density at radius 2 is 1.41 bits per heavy atom. The highest BCUT2D eigenvalue weighted by Gasteiger charge is 2.36. The highest BCUT2D eigenvalue weighted by Crippen LogP contribution is 2.25. The number of hydrogen-bond donors (Lipinski definition) is 0. The van der Waals surface area contributed by atoms with Gasteiger partial charge in [0.25, 0.3) is 0 Å². The van der Waals surface area contributed by atoms with Crippen molar-refractivity contribution in [2.24, 2.45) is 5.92 Å². The molecular formula is C21H37N3O3. The van der Waals surface area contributed by atoms with Gasteiger partial charge in [0.05, 0.1) is 12.2 Å². The second kappa shape index (κ2) is 8.91. The lowest BCUT2D eigenvalue weighted by atomic mass is 9.95. The Morgan fingerprint density at radius 3 is 1.96 bits per heavy atom. The van der Waals surface area contributed by atoms with Crippen molar-refractivity contribution >= 4 is 11.8 Å². The van der Waals surface area contributed by atoms with E-state index in [2.05, 4.69) is 32.6 Å². The molecule has 0 aromatic carbocycles. The molecule has 0 aromatic heterocycles. The molecule has 3 aliphatic rings. The molecule has 4 unspecified atom stereocenters. The zero-order valence-corrected chi connectivity index (χ0v) is 17.5. The molecule has 6 heteroatoms. The minimum Gasteiger partial charge on any atom is -0.373 e. The zero-order valence-electron chi connectivity index (χ0n) is 17.5. The predicted octanol–water partition coefficient (Wildman–Crippen LogP) is 2.12. The lowest BCUT2D eigenvalue weighted by Crippen LogP contribution is -2.55. The van der Waals surface area contributed by atoms with Gasteiger partial charge < -0.3 is 14.5 Å². The molecule has 0 N–H and O–H groups in total. The van der Waals surface area contributed by atoms with Crippen LogP contribution < -0.4 is 0 Å². The number of hydrogen-bond acceptors (Lipinski definition) is 4. The van der Waals surface area contributed by atoms with Gasteiger partial charge in [-0.05, 0) is 65.7 Å². The highest BCUT2D eigenvalue weighted by molar-refractivity contribution is 6.35. The molecule has 0 bridgehead atoms. The van der Waals surface area contributed by atoms with E-state index in [-0.39, 0.29) is 23.9 Å². The van der Waals surface area contributed by atoms with Crippen LogP contribution >= 0.6 is 0 Å². The Kier molecular flexibility index (Phi) is 6.79. The molecule has 3 fully saturated rings. The fourth-order valence-electron chi connectivity index (χ4n) is 5.18. The first kappa shape index (κ1) is 20.6. The summed E-state index contributed by atoms with van der Waals surface area (Å²) in [7, 11) is 0. The molecule has 0 aromatic rings. The number of morpholine rings is 1. The lowest BCUT2D eigenvalue weighted by Gasteiger charge is -2.41. The first-order chi connectivity index (χ1) is 12.8. The fourth-order valence-corrected chi connectivity index (χ4v) is 5.18. The standard InChI is InChI=1S/C21H37N3O3/c1-15-6-5-7-16(2)24(15)21(26)20(25)23-10-8-19(9-11-23)14-22-12-17(3)27-18(4)13-22/h15-19H,5-14H2,1-4H3. The molecule has 6 nitrogen and oxygen atoms in total. The van der Waals surface area contributed by atoms with Crippen LogP contribution in [0.25, 0.3) is 0 Å². The van der Waals surface area contributed by atoms with Crippen LogP contribution in [0.4, 0.5) is 0 Å². The van der Waals surface area contributed by atoms with Gasteiger partial charge in [-0.25, -0.2) is 0 Å². The van der Waals surface area contributed by atoms with Gasteiger partial charge in [-0.2, -0.15) is 0 Å². The molecule has 0 radical (unpaired) electrons. The summed E-state index contributed by atoms with van der Waals surface area (Å²) in [5.41, 5.74) is 0. The zero-order chi connectivity index (χ0) is 19.6. The maximum absolute atomic E-state index is 12.8. The molecule has 27 heavy (non-hydrogen) atoms. The quantitative estimate of drug-likeness (QED) is 0.690. The largest absolute Gasteiger partial charge is 0.373 e. The SMILES string of the molecule is CC1CN(CC2CCN(C(=O)C(=O)N3C(C)CCCC3C)CC2)CC(C)O1. The summed E-state index contributed by atoms with van der Waals surface area (Å²) in [5.74, 6) is 0.0288. The van der Waals surface area contributed by atoms with Gasteiger partial charge in [-0.3, -0.25) is 14.5 Å². The molecule has 2 amide bonds. The van der Waals surface area contributed by atoms with Gasteiger partial charge in [-0.1, -0.05) is 0 Å². The lowest BCUT2D eigenvalue weighted by molar-refractivity contribution is -0.156. The summed E-state index contributed by atoms with van der Waals surface area (Å²) < 4.78 is 5.82. The van der Waals surface area contributed by atoms with Crippen molar-refractivity contribution in [1.82, 2.24) is 14.7 Å². The molecule has 0 saturated carbocycles. The van der Waals surface area contributed by atoms with Gasteiger partial charge >= 0.3 is 11.8 Å². The summed E-state index contributed by atoms with van der Waals surface area (Å²) in [4.78, 5) is 31.7. The van der Waals surface area contributed by atoms with Crippen molar-refractivity contribution in [2.45, 2.75) is 84.1 Å². The van der Waals surface area contributed by atoms with Gasteiger partial charge in [0, 0.05) is 44.8 Å². The van der Waals surface area contributed by atoms with E-state index in [0.29, 0.717) is 31.2 Å². The monoisotopic (exact) mass is 379 g/mol. The molecule has 0 spiro atoms. The normalized spacial score (nSPS) is 33.9. The van der Waals surface area contributed by atoms with Gasteiger partial charge in [0.15, 0.2) is 0 Å². The van der Waals surface area contributed by atoms with Crippen molar-refractivity contribution < 1.29 is 14.3 Å². The minimum atomic E-state index is -0.289. The molecule has 4 atom stereocenters. The van der Waals surface area contributed by atoms with Crippen molar-refractivity contribution in [3.8, 4) is 0 Å². The van der Waals surface area contributed by atoms with Crippen LogP contribution in [0.3, 0.4) is 0 Å². The Balaban J connectivity index is 1.48. The van der Waals surface area contributed by atoms with Gasteiger partial charge in [-0.15, -0.1) is 0 Å². The third-order valence-electron chi connectivity index (χ3n) is 6.52. The maximum Gasteiger partial charge on any atom is 0.312 e. The minimum absolute atomic E-state index is 0.174. The summed E-state index contributed by atoms with van der Waals surface area (Å²) in [6.45, 7) is 12.9. The van der Waals surface area contributed by atoms with Crippen LogP contribution in [-0.4, -0.2) is 83.5 Å². The van der Waals surface area contributed by atoms with Gasteiger partial charge in [0.1, 0.15) is 0 Å². The number of carbonyl (C=O) groups excluding carboxylic acids is 2. The van der Waals surface area contributed by atoms with Crippen LogP contribution in [0.5, 0.6) is 0 Å². The van der Waals surface area contributed by atoms with Crippen LogP contribution in [0.2, 0.25) is 0 Å². The molecule has 3 aliphatic heterocycles. The van der Waals surface area contributed by atoms with E-state index >= 15 is 0 Å². The van der Waals surface area contributed by atoms with Gasteiger partial charge in [0.2, 0.25) is 0 Å². The van der Waals surface area contributed by atoms with E-state index < -0.39 is 0 Å². The van der Waals surface area contributed by atoms with E-state index in [1.54, 1.807) is 4.90 Å². The number of carbonyl (C=O) groups is 2. The Labute approximate surface area is 164 Å². The smallest absolute Gasteiger partial charge is 0.312 e. The molecule has 3 saturated heterocycles. The molecule has 154 valence electrons. The van der Waals surface area contributed by atoms with Crippen LogP contribution in [0, 0.1) is 5.92 Å². The summed E-state index contributed by atoms with van der Waals surface area (Å²) in [6.07, 6.45) is 5.71. The topological polar surface area (TPSA) is 53.1 Å². The van der Waals surface area contributed by atoms with Crippen molar-refractivity contribution in [3.05, 3.63) is 0 Å². The number of rotatable bonds is 2. The fraction of sp³-hybridized carbons (Fsp3) is 0.905. The Morgan fingerprint density at radius 1 is 0.852 bits per heavy atom. The number of amides is 2. The predicted molar refractivity (Wildman–Crippen MR) is 105 cm³/mol. The summed E-state index contributed by atoms with van der Waals surface area (Å²) >= 11 is 0. The first-order valence-electron chi connectivity index (χ1n) is 10.8. The average molecular weight is 380 g/mol. The number of likely N-dealkylation sites (tertiary alicyclic amines) is 2. The maximum atomic E-state index is 12.8.